The number of halogens is 1. The molecule has 0 atom stereocenters. The quantitative estimate of drug-likeness (QED) is 0.607. The maximum Gasteiger partial charge on any atom is 0.244 e. The minimum Gasteiger partial charge on any atom is -0.340 e. The van der Waals surface area contributed by atoms with Gasteiger partial charge in [0, 0.05) is 24.9 Å². The summed E-state index contributed by atoms with van der Waals surface area (Å²) in [5, 5.41) is 4.76. The second kappa shape index (κ2) is 8.54. The molecule has 0 aliphatic carbocycles. The van der Waals surface area contributed by atoms with Gasteiger partial charge in [-0.25, -0.2) is 4.39 Å². The summed E-state index contributed by atoms with van der Waals surface area (Å²) in [7, 11) is 0. The molecule has 2 aromatic carbocycles. The van der Waals surface area contributed by atoms with Gasteiger partial charge in [0.15, 0.2) is 0 Å². The maximum absolute atomic E-state index is 13.8. The molecule has 6 heteroatoms. The molecule has 2 aliphatic rings. The Labute approximate surface area is 186 Å². The Hall–Kier alpha value is -3.54. The zero-order chi connectivity index (χ0) is 22.1. The van der Waals surface area contributed by atoms with Crippen LogP contribution in [0.15, 0.2) is 70.7 Å². The van der Waals surface area contributed by atoms with Crippen molar-refractivity contribution in [2.75, 3.05) is 19.6 Å². The molecule has 0 saturated heterocycles. The van der Waals surface area contributed by atoms with Crippen molar-refractivity contribution in [3.8, 4) is 22.5 Å². The van der Waals surface area contributed by atoms with E-state index in [-0.39, 0.29) is 18.3 Å². The van der Waals surface area contributed by atoms with Crippen LogP contribution >= 0.6 is 0 Å². The summed E-state index contributed by atoms with van der Waals surface area (Å²) in [4.78, 5) is 19.5. The van der Waals surface area contributed by atoms with Gasteiger partial charge in [0.05, 0.1) is 17.9 Å². The second-order valence-electron chi connectivity index (χ2n) is 8.38. The first-order valence-electron chi connectivity index (χ1n) is 11.0. The van der Waals surface area contributed by atoms with E-state index in [0.717, 1.165) is 41.9 Å². The van der Waals surface area contributed by atoms with Gasteiger partial charge in [-0.1, -0.05) is 30.3 Å². The molecule has 5 rings (SSSR count). The number of carbonyl (C=O) groups is 1. The van der Waals surface area contributed by atoms with E-state index in [9.17, 15) is 9.18 Å². The predicted molar refractivity (Wildman–Crippen MR) is 124 cm³/mol. The van der Waals surface area contributed by atoms with Gasteiger partial charge in [-0.3, -0.25) is 14.5 Å². The fourth-order valence-corrected chi connectivity index (χ4v) is 4.38. The van der Waals surface area contributed by atoms with Gasteiger partial charge in [-0.2, -0.15) is 5.10 Å². The van der Waals surface area contributed by atoms with Gasteiger partial charge in [-0.15, -0.1) is 0 Å². The average molecular weight is 429 g/mol. The lowest BCUT2D eigenvalue weighted by molar-refractivity contribution is -0.131. The van der Waals surface area contributed by atoms with Crippen LogP contribution in [0.25, 0.3) is 22.5 Å². The number of aryl methyl sites for hydroxylation is 1. The van der Waals surface area contributed by atoms with E-state index in [4.69, 9.17) is 5.10 Å². The highest BCUT2D eigenvalue weighted by atomic mass is 19.1. The molecule has 2 aliphatic heterocycles. The summed E-state index contributed by atoms with van der Waals surface area (Å²) in [6.07, 6.45) is 3.70. The molecule has 32 heavy (non-hydrogen) atoms. The molecule has 0 fully saturated rings. The number of benzene rings is 2. The Morgan fingerprint density at radius 2 is 1.84 bits per heavy atom. The molecule has 0 bridgehead atoms. The third-order valence-corrected chi connectivity index (χ3v) is 6.26. The molecule has 0 saturated carbocycles. The van der Waals surface area contributed by atoms with E-state index < -0.39 is 0 Å². The second-order valence-corrected chi connectivity index (χ2v) is 8.38. The van der Waals surface area contributed by atoms with Crippen LogP contribution in [0, 0.1) is 12.7 Å². The Morgan fingerprint density at radius 1 is 1.03 bits per heavy atom. The van der Waals surface area contributed by atoms with E-state index in [2.05, 4.69) is 4.99 Å². The molecule has 0 N–H and O–H groups in total. The van der Waals surface area contributed by atoms with Crippen LogP contribution in [0.2, 0.25) is 0 Å². The van der Waals surface area contributed by atoms with Crippen LogP contribution in [0.3, 0.4) is 0 Å². The normalized spacial score (nSPS) is 15.8. The summed E-state index contributed by atoms with van der Waals surface area (Å²) >= 11 is 0. The van der Waals surface area contributed by atoms with Gasteiger partial charge in [0.25, 0.3) is 0 Å². The molecule has 0 radical (unpaired) electrons. The highest BCUT2D eigenvalue weighted by Gasteiger charge is 2.23. The number of hydrogen-bond donors (Lipinski definition) is 0. The Kier molecular flexibility index (Phi) is 5.43. The Balaban J connectivity index is 1.43. The third kappa shape index (κ3) is 4.00. The molecule has 3 aromatic rings. The summed E-state index contributed by atoms with van der Waals surface area (Å²) in [5.74, 6) is -0.177. The lowest BCUT2D eigenvalue weighted by atomic mass is 10.1. The maximum atomic E-state index is 13.8. The van der Waals surface area contributed by atoms with Gasteiger partial charge < -0.3 is 4.90 Å². The first-order chi connectivity index (χ1) is 15.6. The lowest BCUT2D eigenvalue weighted by Crippen LogP contribution is -2.35. The minimum atomic E-state index is -0.238. The number of amides is 1. The fourth-order valence-electron chi connectivity index (χ4n) is 4.38. The molecule has 0 unspecified atom stereocenters. The predicted octanol–water partition coefficient (Wildman–Crippen LogP) is 4.67. The van der Waals surface area contributed by atoms with Crippen LogP contribution in [-0.2, 0) is 11.3 Å². The summed E-state index contributed by atoms with van der Waals surface area (Å²) in [6, 6.07) is 16.9. The molecule has 1 aromatic heterocycles. The molecule has 5 nitrogen and oxygen atoms in total. The largest absolute Gasteiger partial charge is 0.340 e. The number of aliphatic imine (C=N–C) groups is 1. The zero-order valence-electron chi connectivity index (χ0n) is 18.1. The van der Waals surface area contributed by atoms with Crippen molar-refractivity contribution >= 4 is 12.1 Å². The standard InChI is InChI=1S/C26H25FN4O/c1-18-13-20(7-8-23(18)27)24-14-25(19-5-3-2-4-6-19)31(29-24)17-26(32)30-11-9-21-15-28-16-22(21)10-12-30/h2-8,13-15H,9-12,16-17H2,1H3. The minimum absolute atomic E-state index is 0.0604. The van der Waals surface area contributed by atoms with Crippen molar-refractivity contribution < 1.29 is 9.18 Å². The first-order valence-corrected chi connectivity index (χ1v) is 11.0. The molecular formula is C26H25FN4O. The average Bonchev–Trinajstić information content (AvgIpc) is 3.38. The Morgan fingerprint density at radius 3 is 2.66 bits per heavy atom. The highest BCUT2D eigenvalue weighted by molar-refractivity contribution is 5.83. The van der Waals surface area contributed by atoms with Crippen LogP contribution in [0.5, 0.6) is 0 Å². The van der Waals surface area contributed by atoms with Gasteiger partial charge in [0.2, 0.25) is 5.91 Å². The van der Waals surface area contributed by atoms with E-state index in [0.29, 0.717) is 18.7 Å². The van der Waals surface area contributed by atoms with Crippen LogP contribution in [-0.4, -0.2) is 46.4 Å². The number of carbonyl (C=O) groups excluding carboxylic acids is 1. The van der Waals surface area contributed by atoms with Crippen LogP contribution in [0.1, 0.15) is 18.4 Å². The molecule has 162 valence electrons. The first kappa shape index (κ1) is 20.4. The number of nitrogens with zero attached hydrogens (tertiary/aromatic N) is 4. The van der Waals surface area contributed by atoms with Crippen molar-refractivity contribution in [1.29, 1.82) is 0 Å². The highest BCUT2D eigenvalue weighted by Crippen LogP contribution is 2.28. The zero-order valence-corrected chi connectivity index (χ0v) is 18.1. The third-order valence-electron chi connectivity index (χ3n) is 6.26. The van der Waals surface area contributed by atoms with Crippen LogP contribution in [0.4, 0.5) is 4.39 Å². The summed E-state index contributed by atoms with van der Waals surface area (Å²) < 4.78 is 15.5. The van der Waals surface area contributed by atoms with Gasteiger partial charge in [-0.05, 0) is 66.3 Å². The number of hydrogen-bond acceptors (Lipinski definition) is 3. The molecular weight excluding hydrogens is 403 g/mol. The SMILES string of the molecule is Cc1cc(-c2cc(-c3ccccc3)n(CC(=O)N3CCC4=C(CC3)CN=C4)n2)ccc1F. The molecule has 3 heterocycles. The van der Waals surface area contributed by atoms with E-state index in [1.165, 1.54) is 17.2 Å². The van der Waals surface area contributed by atoms with Crippen molar-refractivity contribution in [3.63, 3.8) is 0 Å². The number of rotatable bonds is 4. The summed E-state index contributed by atoms with van der Waals surface area (Å²) in [5.41, 5.74) is 6.65. The monoisotopic (exact) mass is 428 g/mol. The number of aromatic nitrogens is 2. The smallest absolute Gasteiger partial charge is 0.244 e. The van der Waals surface area contributed by atoms with Crippen molar-refractivity contribution in [3.05, 3.63) is 77.1 Å². The summed E-state index contributed by atoms with van der Waals surface area (Å²) in [6.45, 7) is 4.10. The van der Waals surface area contributed by atoms with Crippen molar-refractivity contribution in [1.82, 2.24) is 14.7 Å². The van der Waals surface area contributed by atoms with Crippen molar-refractivity contribution in [2.24, 2.45) is 4.99 Å². The lowest BCUT2D eigenvalue weighted by Gasteiger charge is -2.21. The van der Waals surface area contributed by atoms with Crippen molar-refractivity contribution in [2.45, 2.75) is 26.3 Å². The van der Waals surface area contributed by atoms with E-state index in [1.807, 2.05) is 47.5 Å². The van der Waals surface area contributed by atoms with E-state index in [1.54, 1.807) is 23.7 Å². The van der Waals surface area contributed by atoms with E-state index >= 15 is 0 Å². The Bertz CT molecular complexity index is 1230. The molecule has 0 spiro atoms. The molecule has 1 amide bonds. The topological polar surface area (TPSA) is 50.5 Å². The van der Waals surface area contributed by atoms with Gasteiger partial charge >= 0.3 is 0 Å². The van der Waals surface area contributed by atoms with Crippen LogP contribution < -0.4 is 0 Å². The van der Waals surface area contributed by atoms with Gasteiger partial charge in [0.1, 0.15) is 12.4 Å². The fraction of sp³-hybridized carbons (Fsp3) is 0.269.